The minimum absolute atomic E-state index is 0.0322. The van der Waals surface area contributed by atoms with Crippen molar-refractivity contribution in [1.82, 2.24) is 10.2 Å². The molecule has 1 heterocycles. The largest absolute Gasteiger partial charge is 0.496 e. The van der Waals surface area contributed by atoms with E-state index in [1.807, 2.05) is 13.8 Å². The van der Waals surface area contributed by atoms with E-state index in [9.17, 15) is 9.18 Å². The molecular weight excluding hydrogens is 295 g/mol. The molecule has 0 bridgehead atoms. The van der Waals surface area contributed by atoms with Crippen LogP contribution in [0.5, 0.6) is 5.75 Å². The van der Waals surface area contributed by atoms with E-state index in [4.69, 9.17) is 4.74 Å². The van der Waals surface area contributed by atoms with Gasteiger partial charge in [0.15, 0.2) is 0 Å². The number of carbonyl (C=O) groups is 1. The van der Waals surface area contributed by atoms with Crippen molar-refractivity contribution in [2.45, 2.75) is 26.8 Å². The molecule has 4 nitrogen and oxygen atoms in total. The SMILES string of the molecule is COc1ccc(F)cc1CN1CC[C@@H](CNC(=O)C=C(C)C)C1. The molecule has 0 unspecified atom stereocenters. The number of likely N-dealkylation sites (tertiary alicyclic amines) is 1. The summed E-state index contributed by atoms with van der Waals surface area (Å²) in [6, 6.07) is 4.61. The number of rotatable bonds is 6. The normalized spacial score (nSPS) is 17.8. The number of hydrogen-bond acceptors (Lipinski definition) is 3. The van der Waals surface area contributed by atoms with Crippen LogP contribution >= 0.6 is 0 Å². The molecule has 1 atom stereocenters. The molecule has 23 heavy (non-hydrogen) atoms. The quantitative estimate of drug-likeness (QED) is 0.820. The summed E-state index contributed by atoms with van der Waals surface area (Å²) in [7, 11) is 1.60. The van der Waals surface area contributed by atoms with Gasteiger partial charge in [-0.05, 0) is 50.9 Å². The molecule has 1 saturated heterocycles. The molecule has 0 saturated carbocycles. The van der Waals surface area contributed by atoms with E-state index in [0.29, 0.717) is 24.8 Å². The Balaban J connectivity index is 1.85. The summed E-state index contributed by atoms with van der Waals surface area (Å²) in [4.78, 5) is 13.9. The highest BCUT2D eigenvalue weighted by atomic mass is 19.1. The van der Waals surface area contributed by atoms with Crippen LogP contribution in [0, 0.1) is 11.7 Å². The second-order valence-electron chi connectivity index (χ2n) is 6.31. The summed E-state index contributed by atoms with van der Waals surface area (Å²) in [5.41, 5.74) is 1.86. The summed E-state index contributed by atoms with van der Waals surface area (Å²) < 4.78 is 18.7. The Labute approximate surface area is 137 Å². The number of carbonyl (C=O) groups excluding carboxylic acids is 1. The van der Waals surface area contributed by atoms with Gasteiger partial charge in [-0.3, -0.25) is 9.69 Å². The molecule has 0 spiro atoms. The van der Waals surface area contributed by atoms with Gasteiger partial charge in [0.2, 0.25) is 5.91 Å². The van der Waals surface area contributed by atoms with Crippen LogP contribution in [-0.4, -0.2) is 37.6 Å². The van der Waals surface area contributed by atoms with Crippen LogP contribution in [0.2, 0.25) is 0 Å². The van der Waals surface area contributed by atoms with Crippen molar-refractivity contribution < 1.29 is 13.9 Å². The van der Waals surface area contributed by atoms with Crippen LogP contribution in [0.25, 0.3) is 0 Å². The second kappa shape index (κ2) is 8.11. The lowest BCUT2D eigenvalue weighted by Crippen LogP contribution is -2.30. The number of nitrogens with zero attached hydrogens (tertiary/aromatic N) is 1. The zero-order valence-corrected chi connectivity index (χ0v) is 14.1. The van der Waals surface area contributed by atoms with E-state index in [1.165, 1.54) is 12.1 Å². The zero-order chi connectivity index (χ0) is 16.8. The molecule has 126 valence electrons. The Hall–Kier alpha value is -1.88. The van der Waals surface area contributed by atoms with Gasteiger partial charge in [-0.25, -0.2) is 4.39 Å². The lowest BCUT2D eigenvalue weighted by Gasteiger charge is -2.18. The zero-order valence-electron chi connectivity index (χ0n) is 14.1. The number of ether oxygens (including phenoxy) is 1. The van der Waals surface area contributed by atoms with E-state index in [1.54, 1.807) is 19.3 Å². The molecule has 5 heteroatoms. The van der Waals surface area contributed by atoms with E-state index < -0.39 is 0 Å². The third-order valence-corrected chi connectivity index (χ3v) is 3.99. The first-order chi connectivity index (χ1) is 11.0. The second-order valence-corrected chi connectivity index (χ2v) is 6.31. The highest BCUT2D eigenvalue weighted by Gasteiger charge is 2.23. The average Bonchev–Trinajstić information content (AvgIpc) is 2.92. The average molecular weight is 320 g/mol. The molecule has 0 radical (unpaired) electrons. The monoisotopic (exact) mass is 320 g/mol. The Kier molecular flexibility index (Phi) is 6.16. The van der Waals surface area contributed by atoms with Crippen molar-refractivity contribution in [3.05, 3.63) is 41.2 Å². The van der Waals surface area contributed by atoms with E-state index in [-0.39, 0.29) is 11.7 Å². The summed E-state index contributed by atoms with van der Waals surface area (Å²) in [6.45, 7) is 7.00. The Morgan fingerprint density at radius 2 is 2.26 bits per heavy atom. The number of nitrogens with one attached hydrogen (secondary N) is 1. The fourth-order valence-corrected chi connectivity index (χ4v) is 2.89. The van der Waals surface area contributed by atoms with Crippen molar-refractivity contribution in [2.24, 2.45) is 5.92 Å². The molecule has 0 aliphatic carbocycles. The van der Waals surface area contributed by atoms with Gasteiger partial charge >= 0.3 is 0 Å². The van der Waals surface area contributed by atoms with Crippen LogP contribution in [0.4, 0.5) is 4.39 Å². The van der Waals surface area contributed by atoms with Gasteiger partial charge in [0.25, 0.3) is 0 Å². The van der Waals surface area contributed by atoms with Gasteiger partial charge in [0, 0.05) is 31.3 Å². The lowest BCUT2D eigenvalue weighted by atomic mass is 10.1. The number of hydrogen-bond donors (Lipinski definition) is 1. The van der Waals surface area contributed by atoms with Gasteiger partial charge < -0.3 is 10.1 Å². The minimum atomic E-state index is -0.245. The van der Waals surface area contributed by atoms with Crippen LogP contribution in [0.1, 0.15) is 25.8 Å². The number of allylic oxidation sites excluding steroid dienone is 1. The molecule has 1 aliphatic heterocycles. The number of benzene rings is 1. The maximum atomic E-state index is 13.4. The molecule has 2 rings (SSSR count). The van der Waals surface area contributed by atoms with Gasteiger partial charge in [0.1, 0.15) is 11.6 Å². The van der Waals surface area contributed by atoms with E-state index in [2.05, 4.69) is 10.2 Å². The number of methoxy groups -OCH3 is 1. The lowest BCUT2D eigenvalue weighted by molar-refractivity contribution is -0.116. The molecule has 1 N–H and O–H groups in total. The summed E-state index contributed by atoms with van der Waals surface area (Å²) in [6.07, 6.45) is 2.65. The fraction of sp³-hybridized carbons (Fsp3) is 0.500. The van der Waals surface area contributed by atoms with Crippen molar-refractivity contribution >= 4 is 5.91 Å². The van der Waals surface area contributed by atoms with Crippen LogP contribution < -0.4 is 10.1 Å². The first-order valence-corrected chi connectivity index (χ1v) is 7.95. The van der Waals surface area contributed by atoms with Gasteiger partial charge in [-0.1, -0.05) is 5.57 Å². The standard InChI is InChI=1S/C18H25FN2O2/c1-13(2)8-18(22)20-10-14-6-7-21(11-14)12-15-9-16(19)4-5-17(15)23-3/h4-5,8-9,14H,6-7,10-12H2,1-3H3,(H,20,22)/t14-/m0/s1. The van der Waals surface area contributed by atoms with Crippen molar-refractivity contribution in [2.75, 3.05) is 26.7 Å². The fourth-order valence-electron chi connectivity index (χ4n) is 2.89. The van der Waals surface area contributed by atoms with Crippen molar-refractivity contribution in [3.63, 3.8) is 0 Å². The van der Waals surface area contributed by atoms with Gasteiger partial charge in [0.05, 0.1) is 7.11 Å². The molecule has 1 aliphatic rings. The summed E-state index contributed by atoms with van der Waals surface area (Å²) in [5, 5.41) is 2.95. The van der Waals surface area contributed by atoms with Crippen molar-refractivity contribution in [1.29, 1.82) is 0 Å². The topological polar surface area (TPSA) is 41.6 Å². The Morgan fingerprint density at radius 1 is 1.48 bits per heavy atom. The molecule has 1 amide bonds. The molecule has 0 aromatic heterocycles. The molecule has 1 fully saturated rings. The Morgan fingerprint density at radius 3 is 2.96 bits per heavy atom. The van der Waals surface area contributed by atoms with Crippen LogP contribution in [-0.2, 0) is 11.3 Å². The maximum absolute atomic E-state index is 13.4. The van der Waals surface area contributed by atoms with E-state index >= 15 is 0 Å². The first-order valence-electron chi connectivity index (χ1n) is 7.95. The predicted molar refractivity (Wildman–Crippen MR) is 88.8 cm³/mol. The van der Waals surface area contributed by atoms with Crippen molar-refractivity contribution in [3.8, 4) is 5.75 Å². The van der Waals surface area contributed by atoms with Gasteiger partial charge in [-0.2, -0.15) is 0 Å². The highest BCUT2D eigenvalue weighted by Crippen LogP contribution is 2.24. The maximum Gasteiger partial charge on any atom is 0.243 e. The smallest absolute Gasteiger partial charge is 0.243 e. The Bertz CT molecular complexity index is 582. The number of halogens is 1. The number of amides is 1. The minimum Gasteiger partial charge on any atom is -0.496 e. The third-order valence-electron chi connectivity index (χ3n) is 3.99. The molecular formula is C18H25FN2O2. The predicted octanol–water partition coefficient (Wildman–Crippen LogP) is 2.74. The molecule has 1 aromatic rings. The first kappa shape index (κ1) is 17.5. The van der Waals surface area contributed by atoms with Crippen LogP contribution in [0.3, 0.4) is 0 Å². The summed E-state index contributed by atoms with van der Waals surface area (Å²) >= 11 is 0. The third kappa shape index (κ3) is 5.36. The van der Waals surface area contributed by atoms with Crippen LogP contribution in [0.15, 0.2) is 29.8 Å². The van der Waals surface area contributed by atoms with Gasteiger partial charge in [-0.15, -0.1) is 0 Å². The molecule has 1 aromatic carbocycles. The summed E-state index contributed by atoms with van der Waals surface area (Å²) in [5.74, 6) is 0.872. The van der Waals surface area contributed by atoms with E-state index in [0.717, 1.165) is 30.6 Å². The highest BCUT2D eigenvalue weighted by molar-refractivity contribution is 5.87.